The summed E-state index contributed by atoms with van der Waals surface area (Å²) in [6, 6.07) is 11.1. The van der Waals surface area contributed by atoms with Crippen LogP contribution in [0.4, 0.5) is 0 Å². The minimum absolute atomic E-state index is 0.0889. The molecule has 2 aromatic rings. The number of rotatable bonds is 3. The fourth-order valence-electron chi connectivity index (χ4n) is 2.44. The maximum atomic E-state index is 12.5. The van der Waals surface area contributed by atoms with Crippen LogP contribution in [0.15, 0.2) is 55.1 Å². The molecule has 0 aromatic heterocycles. The van der Waals surface area contributed by atoms with Crippen LogP contribution in [0.5, 0.6) is 0 Å². The topological polar surface area (TPSA) is 60.4 Å². The van der Waals surface area contributed by atoms with Gasteiger partial charge in [0.2, 0.25) is 0 Å². The summed E-state index contributed by atoms with van der Waals surface area (Å²) in [5, 5.41) is 0. The largest absolute Gasteiger partial charge is 0.458 e. The minimum Gasteiger partial charge on any atom is -0.458 e. The molecule has 2 aromatic carbocycles. The van der Waals surface area contributed by atoms with Gasteiger partial charge in [0.25, 0.3) is 0 Å². The lowest BCUT2D eigenvalue weighted by atomic mass is 9.83. The maximum absolute atomic E-state index is 12.5. The highest BCUT2D eigenvalue weighted by atomic mass is 16.5. The third kappa shape index (κ3) is 2.15. The van der Waals surface area contributed by atoms with Crippen molar-refractivity contribution in [3.8, 4) is 0 Å². The number of benzene rings is 2. The van der Waals surface area contributed by atoms with Crippen molar-refractivity contribution in [2.24, 2.45) is 0 Å². The third-order valence-corrected chi connectivity index (χ3v) is 3.49. The highest BCUT2D eigenvalue weighted by Crippen LogP contribution is 2.27. The molecule has 4 heteroatoms. The molecule has 0 heterocycles. The first kappa shape index (κ1) is 13.9. The average molecular weight is 292 g/mol. The number of carbonyl (C=O) groups is 3. The Hall–Kier alpha value is -3.01. The van der Waals surface area contributed by atoms with Crippen LogP contribution in [0.2, 0.25) is 0 Å². The van der Waals surface area contributed by atoms with Gasteiger partial charge in [-0.05, 0) is 18.2 Å². The highest BCUT2D eigenvalue weighted by Gasteiger charge is 2.29. The van der Waals surface area contributed by atoms with Crippen molar-refractivity contribution in [2.75, 3.05) is 6.61 Å². The molecule has 0 amide bonds. The summed E-state index contributed by atoms with van der Waals surface area (Å²) in [6.45, 7) is 3.56. The van der Waals surface area contributed by atoms with Crippen molar-refractivity contribution in [3.63, 3.8) is 0 Å². The number of carbonyl (C=O) groups excluding carboxylic acids is 3. The van der Waals surface area contributed by atoms with Crippen LogP contribution in [0.25, 0.3) is 0 Å². The van der Waals surface area contributed by atoms with Gasteiger partial charge >= 0.3 is 5.97 Å². The van der Waals surface area contributed by atoms with E-state index in [0.29, 0.717) is 16.7 Å². The predicted molar refractivity (Wildman–Crippen MR) is 80.2 cm³/mol. The molecule has 4 nitrogen and oxygen atoms in total. The van der Waals surface area contributed by atoms with Crippen LogP contribution >= 0.6 is 0 Å². The molecule has 0 unspecified atom stereocenters. The average Bonchev–Trinajstić information content (AvgIpc) is 2.57. The molecule has 0 radical (unpaired) electrons. The smallest absolute Gasteiger partial charge is 0.338 e. The van der Waals surface area contributed by atoms with E-state index < -0.39 is 5.97 Å². The molecule has 22 heavy (non-hydrogen) atoms. The fourth-order valence-corrected chi connectivity index (χ4v) is 2.44. The first-order valence-electron chi connectivity index (χ1n) is 6.74. The molecule has 108 valence electrons. The Balaban J connectivity index is 2.06. The first-order valence-corrected chi connectivity index (χ1v) is 6.74. The zero-order chi connectivity index (χ0) is 15.7. The number of fused-ring (bicyclic) bond motifs is 2. The van der Waals surface area contributed by atoms with Crippen molar-refractivity contribution < 1.29 is 19.1 Å². The van der Waals surface area contributed by atoms with Gasteiger partial charge in [-0.2, -0.15) is 0 Å². The van der Waals surface area contributed by atoms with Crippen molar-refractivity contribution in [1.82, 2.24) is 0 Å². The zero-order valence-electron chi connectivity index (χ0n) is 11.7. The van der Waals surface area contributed by atoms with Crippen LogP contribution in [-0.2, 0) is 4.74 Å². The van der Waals surface area contributed by atoms with Crippen LogP contribution in [0.1, 0.15) is 42.2 Å². The molecule has 0 saturated heterocycles. The number of ketones is 2. The summed E-state index contributed by atoms with van der Waals surface area (Å²) in [5.74, 6) is -1.03. The van der Waals surface area contributed by atoms with Gasteiger partial charge in [0.1, 0.15) is 6.61 Å². The first-order chi connectivity index (χ1) is 10.6. The van der Waals surface area contributed by atoms with E-state index in [1.54, 1.807) is 24.3 Å². The molecule has 0 saturated carbocycles. The quantitative estimate of drug-likeness (QED) is 0.550. The summed E-state index contributed by atoms with van der Waals surface area (Å²) in [7, 11) is 0. The third-order valence-electron chi connectivity index (χ3n) is 3.49. The van der Waals surface area contributed by atoms with E-state index in [1.807, 2.05) is 0 Å². The number of hydrogen-bond acceptors (Lipinski definition) is 4. The predicted octanol–water partition coefficient (Wildman–Crippen LogP) is 2.80. The molecule has 0 bridgehead atoms. The van der Waals surface area contributed by atoms with Gasteiger partial charge in [-0.15, -0.1) is 0 Å². The Morgan fingerprint density at radius 1 is 0.955 bits per heavy atom. The minimum atomic E-state index is -0.554. The Bertz CT molecular complexity index is 818. The second kappa shape index (κ2) is 5.41. The van der Waals surface area contributed by atoms with Gasteiger partial charge in [0.15, 0.2) is 11.6 Å². The summed E-state index contributed by atoms with van der Waals surface area (Å²) in [4.78, 5) is 36.8. The summed E-state index contributed by atoms with van der Waals surface area (Å²) in [6.07, 6.45) is 1.46. The van der Waals surface area contributed by atoms with Crippen molar-refractivity contribution in [1.29, 1.82) is 0 Å². The number of esters is 1. The molecule has 1 aliphatic rings. The summed E-state index contributed by atoms with van der Waals surface area (Å²) in [5.41, 5.74) is 1.53. The molecule has 0 aliphatic heterocycles. The number of hydrogen-bond donors (Lipinski definition) is 0. The van der Waals surface area contributed by atoms with Crippen LogP contribution in [0, 0.1) is 0 Å². The molecule has 1 aliphatic carbocycles. The monoisotopic (exact) mass is 292 g/mol. The fraction of sp³-hybridized carbons (Fsp3) is 0.0556. The van der Waals surface area contributed by atoms with E-state index in [9.17, 15) is 14.4 Å². The molecule has 0 spiro atoms. The zero-order valence-corrected chi connectivity index (χ0v) is 11.7. The molecular weight excluding hydrogens is 280 g/mol. The van der Waals surface area contributed by atoms with E-state index in [-0.39, 0.29) is 29.3 Å². The lowest BCUT2D eigenvalue weighted by molar-refractivity contribution is 0.0549. The van der Waals surface area contributed by atoms with Crippen molar-refractivity contribution >= 4 is 17.5 Å². The lowest BCUT2D eigenvalue weighted by Gasteiger charge is -2.17. The Morgan fingerprint density at radius 3 is 2.18 bits per heavy atom. The molecular formula is C18H12O4. The van der Waals surface area contributed by atoms with Gasteiger partial charge in [0.05, 0.1) is 5.56 Å². The molecule has 0 atom stereocenters. The summed E-state index contributed by atoms with van der Waals surface area (Å²) < 4.78 is 4.95. The van der Waals surface area contributed by atoms with E-state index in [1.165, 1.54) is 24.3 Å². The van der Waals surface area contributed by atoms with E-state index >= 15 is 0 Å². The van der Waals surface area contributed by atoms with Gasteiger partial charge in [0, 0.05) is 22.3 Å². The molecule has 0 N–H and O–H groups in total. The van der Waals surface area contributed by atoms with E-state index in [0.717, 1.165) is 0 Å². The van der Waals surface area contributed by atoms with E-state index in [4.69, 9.17) is 4.74 Å². The molecule has 3 rings (SSSR count). The van der Waals surface area contributed by atoms with Crippen LogP contribution in [-0.4, -0.2) is 24.1 Å². The van der Waals surface area contributed by atoms with Crippen LogP contribution in [0.3, 0.4) is 0 Å². The molecule has 0 fully saturated rings. The second-order valence-electron chi connectivity index (χ2n) is 4.85. The lowest BCUT2D eigenvalue weighted by Crippen LogP contribution is -2.21. The number of ether oxygens (including phenoxy) is 1. The van der Waals surface area contributed by atoms with E-state index in [2.05, 4.69) is 6.58 Å². The Kier molecular flexibility index (Phi) is 3.43. The van der Waals surface area contributed by atoms with Gasteiger partial charge < -0.3 is 4.74 Å². The second-order valence-corrected chi connectivity index (χ2v) is 4.85. The normalized spacial score (nSPS) is 12.4. The Morgan fingerprint density at radius 2 is 1.55 bits per heavy atom. The van der Waals surface area contributed by atoms with Crippen LogP contribution < -0.4 is 0 Å². The highest BCUT2D eigenvalue weighted by molar-refractivity contribution is 6.28. The maximum Gasteiger partial charge on any atom is 0.338 e. The van der Waals surface area contributed by atoms with Gasteiger partial charge in [-0.25, -0.2) is 4.79 Å². The summed E-state index contributed by atoms with van der Waals surface area (Å²) >= 11 is 0. The van der Waals surface area contributed by atoms with Crippen molar-refractivity contribution in [2.45, 2.75) is 0 Å². The SMILES string of the molecule is C=CCOC(=O)c1ccc2c(c1)C(=O)c1ccccc1C2=O. The van der Waals surface area contributed by atoms with Gasteiger partial charge in [-0.3, -0.25) is 9.59 Å². The van der Waals surface area contributed by atoms with Gasteiger partial charge in [-0.1, -0.05) is 36.9 Å². The van der Waals surface area contributed by atoms with Crippen molar-refractivity contribution in [3.05, 3.63) is 82.9 Å². The Labute approximate surface area is 127 Å². The standard InChI is InChI=1S/C18H12O4/c1-2-9-22-18(21)11-7-8-14-15(10-11)17(20)13-6-4-3-5-12(13)16(14)19/h2-8,10H,1,9H2.